The lowest BCUT2D eigenvalue weighted by Crippen LogP contribution is -2.37. The summed E-state index contributed by atoms with van der Waals surface area (Å²) in [5.41, 5.74) is 0.157. The van der Waals surface area contributed by atoms with E-state index in [4.69, 9.17) is 4.42 Å². The Labute approximate surface area is 111 Å². The van der Waals surface area contributed by atoms with Crippen molar-refractivity contribution in [1.29, 1.82) is 0 Å². The Balaban J connectivity index is 2.38. The van der Waals surface area contributed by atoms with Gasteiger partial charge in [0.05, 0.1) is 6.20 Å². The number of unbranched alkanes of at least 4 members (excludes halogenated alkanes) is 1. The first-order valence-corrected chi connectivity index (χ1v) is 7.12. The molecule has 0 saturated heterocycles. The zero-order valence-corrected chi connectivity index (χ0v) is 12.5. The Kier molecular flexibility index (Phi) is 5.86. The van der Waals surface area contributed by atoms with Crippen molar-refractivity contribution >= 4 is 0 Å². The summed E-state index contributed by atoms with van der Waals surface area (Å²) in [6.45, 7) is 11.8. The zero-order valence-electron chi connectivity index (χ0n) is 12.5. The molecule has 1 aromatic heterocycles. The van der Waals surface area contributed by atoms with Gasteiger partial charge in [-0.2, -0.15) is 0 Å². The number of rotatable bonds is 7. The maximum Gasteiger partial charge on any atom is 0.195 e. The van der Waals surface area contributed by atoms with Gasteiger partial charge in [-0.3, -0.25) is 0 Å². The lowest BCUT2D eigenvalue weighted by Gasteiger charge is -2.19. The van der Waals surface area contributed by atoms with Gasteiger partial charge >= 0.3 is 0 Å². The van der Waals surface area contributed by atoms with Crippen LogP contribution in [0.3, 0.4) is 0 Å². The molecule has 1 aromatic rings. The molecular formula is C15H28N2O. The summed E-state index contributed by atoms with van der Waals surface area (Å²) in [5.74, 6) is 2.38. The molecule has 104 valence electrons. The molecule has 0 bridgehead atoms. The molecule has 18 heavy (non-hydrogen) atoms. The summed E-state index contributed by atoms with van der Waals surface area (Å²) in [6, 6.07) is 0. The van der Waals surface area contributed by atoms with Crippen LogP contribution >= 0.6 is 0 Å². The van der Waals surface area contributed by atoms with Gasteiger partial charge in [-0.25, -0.2) is 4.98 Å². The Morgan fingerprint density at radius 1 is 1.39 bits per heavy atom. The molecule has 0 aliphatic heterocycles. The summed E-state index contributed by atoms with van der Waals surface area (Å²) in [7, 11) is 0. The van der Waals surface area contributed by atoms with Crippen LogP contribution in [0.5, 0.6) is 0 Å². The van der Waals surface area contributed by atoms with Crippen molar-refractivity contribution in [2.45, 2.75) is 71.8 Å². The second-order valence-corrected chi connectivity index (χ2v) is 6.13. The molecule has 0 spiro atoms. The molecule has 1 unspecified atom stereocenters. The van der Waals surface area contributed by atoms with Crippen LogP contribution in [0.25, 0.3) is 0 Å². The number of oxazole rings is 1. The molecule has 0 fully saturated rings. The van der Waals surface area contributed by atoms with Crippen molar-refractivity contribution in [3.63, 3.8) is 0 Å². The van der Waals surface area contributed by atoms with Crippen LogP contribution in [0.15, 0.2) is 10.6 Å². The maximum absolute atomic E-state index is 5.81. The van der Waals surface area contributed by atoms with Crippen LogP contribution in [0, 0.1) is 0 Å². The van der Waals surface area contributed by atoms with Crippen LogP contribution in [-0.2, 0) is 6.42 Å². The third-order valence-corrected chi connectivity index (χ3v) is 3.04. The van der Waals surface area contributed by atoms with Crippen LogP contribution in [0.1, 0.15) is 71.5 Å². The van der Waals surface area contributed by atoms with Gasteiger partial charge in [-0.05, 0) is 27.2 Å². The van der Waals surface area contributed by atoms with E-state index >= 15 is 0 Å². The number of aromatic nitrogens is 1. The topological polar surface area (TPSA) is 38.1 Å². The monoisotopic (exact) mass is 252 g/mol. The van der Waals surface area contributed by atoms with Gasteiger partial charge in [0.1, 0.15) is 5.76 Å². The average Bonchev–Trinajstić information content (AvgIpc) is 2.73. The van der Waals surface area contributed by atoms with E-state index in [-0.39, 0.29) is 5.54 Å². The van der Waals surface area contributed by atoms with E-state index in [0.717, 1.165) is 24.6 Å². The summed E-state index contributed by atoms with van der Waals surface area (Å²) in [4.78, 5) is 4.36. The molecule has 1 atom stereocenters. The Bertz CT molecular complexity index is 339. The summed E-state index contributed by atoms with van der Waals surface area (Å²) >= 11 is 0. The van der Waals surface area contributed by atoms with Gasteiger partial charge in [0.15, 0.2) is 5.89 Å². The highest BCUT2D eigenvalue weighted by atomic mass is 16.4. The van der Waals surface area contributed by atoms with Crippen LogP contribution in [0.2, 0.25) is 0 Å². The smallest absolute Gasteiger partial charge is 0.195 e. The molecule has 3 nitrogen and oxygen atoms in total. The van der Waals surface area contributed by atoms with Gasteiger partial charge in [0.25, 0.3) is 0 Å². The number of nitrogens with zero attached hydrogens (tertiary/aromatic N) is 1. The second-order valence-electron chi connectivity index (χ2n) is 6.13. The van der Waals surface area contributed by atoms with E-state index in [0.29, 0.717) is 5.92 Å². The fraction of sp³-hybridized carbons (Fsp3) is 0.800. The summed E-state index contributed by atoms with van der Waals surface area (Å²) in [6.07, 6.45) is 6.43. The Hall–Kier alpha value is -0.830. The predicted molar refractivity (Wildman–Crippen MR) is 75.9 cm³/mol. The Morgan fingerprint density at radius 2 is 2.11 bits per heavy atom. The van der Waals surface area contributed by atoms with Crippen LogP contribution in [0.4, 0.5) is 0 Å². The van der Waals surface area contributed by atoms with E-state index in [2.05, 4.69) is 44.9 Å². The van der Waals surface area contributed by atoms with E-state index in [1.807, 2.05) is 6.20 Å². The molecule has 0 amide bonds. The largest absolute Gasteiger partial charge is 0.445 e. The van der Waals surface area contributed by atoms with Gasteiger partial charge < -0.3 is 9.73 Å². The summed E-state index contributed by atoms with van der Waals surface area (Å²) < 4.78 is 5.81. The summed E-state index contributed by atoms with van der Waals surface area (Å²) in [5, 5.41) is 3.44. The quantitative estimate of drug-likeness (QED) is 0.800. The minimum atomic E-state index is 0.157. The van der Waals surface area contributed by atoms with E-state index < -0.39 is 0 Å². The molecule has 1 N–H and O–H groups in total. The standard InChI is InChI=1S/C15H28N2O/c1-6-7-8-12(2)13-11-16-14(18-13)9-10-17-15(3,4)5/h11-12,17H,6-10H2,1-5H3. The maximum atomic E-state index is 5.81. The second kappa shape index (κ2) is 6.93. The van der Waals surface area contributed by atoms with Crippen LogP contribution in [-0.4, -0.2) is 17.1 Å². The van der Waals surface area contributed by atoms with Gasteiger partial charge in [0.2, 0.25) is 0 Å². The molecule has 0 aliphatic carbocycles. The highest BCUT2D eigenvalue weighted by Gasteiger charge is 2.12. The SMILES string of the molecule is CCCCC(C)c1cnc(CCNC(C)(C)C)o1. The molecular weight excluding hydrogens is 224 g/mol. The highest BCUT2D eigenvalue weighted by molar-refractivity contribution is 5.00. The lowest BCUT2D eigenvalue weighted by molar-refractivity contribution is 0.390. The molecule has 1 rings (SSSR count). The van der Waals surface area contributed by atoms with Gasteiger partial charge in [0, 0.05) is 24.4 Å². The number of hydrogen-bond acceptors (Lipinski definition) is 3. The molecule has 0 aromatic carbocycles. The molecule has 3 heteroatoms. The number of nitrogens with one attached hydrogen (secondary N) is 1. The lowest BCUT2D eigenvalue weighted by atomic mass is 10.0. The first kappa shape index (κ1) is 15.2. The third kappa shape index (κ3) is 5.67. The van der Waals surface area contributed by atoms with E-state index in [1.54, 1.807) is 0 Å². The number of hydrogen-bond donors (Lipinski definition) is 1. The van der Waals surface area contributed by atoms with Gasteiger partial charge in [-0.15, -0.1) is 0 Å². The van der Waals surface area contributed by atoms with E-state index in [9.17, 15) is 0 Å². The van der Waals surface area contributed by atoms with Crippen molar-refractivity contribution in [2.24, 2.45) is 0 Å². The van der Waals surface area contributed by atoms with Crippen molar-refractivity contribution in [1.82, 2.24) is 10.3 Å². The fourth-order valence-corrected chi connectivity index (χ4v) is 1.86. The zero-order chi connectivity index (χ0) is 13.6. The van der Waals surface area contributed by atoms with Crippen molar-refractivity contribution < 1.29 is 4.42 Å². The molecule has 0 radical (unpaired) electrons. The Morgan fingerprint density at radius 3 is 2.72 bits per heavy atom. The van der Waals surface area contributed by atoms with Gasteiger partial charge in [-0.1, -0.05) is 26.7 Å². The first-order chi connectivity index (χ1) is 8.42. The van der Waals surface area contributed by atoms with Crippen molar-refractivity contribution in [2.75, 3.05) is 6.54 Å². The van der Waals surface area contributed by atoms with Crippen molar-refractivity contribution in [3.05, 3.63) is 17.8 Å². The minimum absolute atomic E-state index is 0.157. The van der Waals surface area contributed by atoms with Crippen molar-refractivity contribution in [3.8, 4) is 0 Å². The molecule has 0 aliphatic rings. The van der Waals surface area contributed by atoms with E-state index in [1.165, 1.54) is 19.3 Å². The average molecular weight is 252 g/mol. The fourth-order valence-electron chi connectivity index (χ4n) is 1.86. The normalized spacial score (nSPS) is 13.8. The molecule has 1 heterocycles. The predicted octanol–water partition coefficient (Wildman–Crippen LogP) is 3.90. The first-order valence-electron chi connectivity index (χ1n) is 7.12. The minimum Gasteiger partial charge on any atom is -0.445 e. The van der Waals surface area contributed by atoms with Crippen LogP contribution < -0.4 is 5.32 Å². The molecule has 0 saturated carbocycles. The highest BCUT2D eigenvalue weighted by Crippen LogP contribution is 2.22. The third-order valence-electron chi connectivity index (χ3n) is 3.04.